The van der Waals surface area contributed by atoms with Gasteiger partial charge in [-0.15, -0.1) is 4.91 Å². The van der Waals surface area contributed by atoms with Gasteiger partial charge in [0.2, 0.25) is 0 Å². The van der Waals surface area contributed by atoms with Gasteiger partial charge in [0.1, 0.15) is 11.4 Å². The quantitative estimate of drug-likeness (QED) is 0.711. The standard InChI is InChI=1S/C8H6F3NO2/c9-8(10,11)5-14-7-3-1-2-6(4-7)12-13/h1-4H,5H2. The van der Waals surface area contributed by atoms with Gasteiger partial charge in [-0.1, -0.05) is 6.07 Å². The first-order valence-corrected chi connectivity index (χ1v) is 3.64. The maximum absolute atomic E-state index is 11.7. The van der Waals surface area contributed by atoms with Crippen molar-refractivity contribution in [3.05, 3.63) is 29.2 Å². The first-order valence-electron chi connectivity index (χ1n) is 3.64. The van der Waals surface area contributed by atoms with Crippen LogP contribution in [0.25, 0.3) is 0 Å². The minimum Gasteiger partial charge on any atom is -0.484 e. The third kappa shape index (κ3) is 3.42. The van der Waals surface area contributed by atoms with E-state index >= 15 is 0 Å². The maximum atomic E-state index is 11.7. The van der Waals surface area contributed by atoms with Gasteiger partial charge >= 0.3 is 6.18 Å². The molecular weight excluding hydrogens is 199 g/mol. The Morgan fingerprint density at radius 2 is 2.07 bits per heavy atom. The monoisotopic (exact) mass is 205 g/mol. The molecule has 0 fully saturated rings. The summed E-state index contributed by atoms with van der Waals surface area (Å²) in [4.78, 5) is 10.0. The van der Waals surface area contributed by atoms with Crippen LogP contribution in [0.15, 0.2) is 29.4 Å². The van der Waals surface area contributed by atoms with Crippen LogP contribution in [0.4, 0.5) is 18.9 Å². The molecule has 0 saturated heterocycles. The van der Waals surface area contributed by atoms with Crippen LogP contribution in [-0.4, -0.2) is 12.8 Å². The molecule has 3 nitrogen and oxygen atoms in total. The molecule has 0 radical (unpaired) electrons. The molecule has 1 aromatic rings. The highest BCUT2D eigenvalue weighted by atomic mass is 19.4. The van der Waals surface area contributed by atoms with Crippen LogP contribution in [0, 0.1) is 4.91 Å². The zero-order valence-electron chi connectivity index (χ0n) is 6.91. The predicted octanol–water partition coefficient (Wildman–Crippen LogP) is 3.03. The van der Waals surface area contributed by atoms with E-state index in [9.17, 15) is 18.1 Å². The number of benzene rings is 1. The summed E-state index contributed by atoms with van der Waals surface area (Å²) in [5, 5.41) is 2.56. The summed E-state index contributed by atoms with van der Waals surface area (Å²) in [7, 11) is 0. The van der Waals surface area contributed by atoms with E-state index in [4.69, 9.17) is 0 Å². The highest BCUT2D eigenvalue weighted by molar-refractivity contribution is 5.42. The topological polar surface area (TPSA) is 38.7 Å². The van der Waals surface area contributed by atoms with Crippen molar-refractivity contribution < 1.29 is 17.9 Å². The molecule has 1 aromatic carbocycles. The lowest BCUT2D eigenvalue weighted by atomic mass is 10.3. The largest absolute Gasteiger partial charge is 0.484 e. The summed E-state index contributed by atoms with van der Waals surface area (Å²) in [6.07, 6.45) is -4.38. The van der Waals surface area contributed by atoms with Crippen molar-refractivity contribution in [3.8, 4) is 5.75 Å². The second-order valence-electron chi connectivity index (χ2n) is 2.49. The molecule has 0 heterocycles. The van der Waals surface area contributed by atoms with Crippen molar-refractivity contribution >= 4 is 5.69 Å². The van der Waals surface area contributed by atoms with Crippen molar-refractivity contribution in [1.29, 1.82) is 0 Å². The fraction of sp³-hybridized carbons (Fsp3) is 0.250. The normalized spacial score (nSPS) is 11.1. The fourth-order valence-corrected chi connectivity index (χ4v) is 0.795. The van der Waals surface area contributed by atoms with Crippen molar-refractivity contribution in [2.24, 2.45) is 5.18 Å². The van der Waals surface area contributed by atoms with E-state index in [0.717, 1.165) is 6.07 Å². The minimum absolute atomic E-state index is 0.0283. The van der Waals surface area contributed by atoms with Crippen molar-refractivity contribution in [2.45, 2.75) is 6.18 Å². The lowest BCUT2D eigenvalue weighted by Gasteiger charge is -2.08. The lowest BCUT2D eigenvalue weighted by Crippen LogP contribution is -2.19. The van der Waals surface area contributed by atoms with Crippen LogP contribution in [0.1, 0.15) is 0 Å². The van der Waals surface area contributed by atoms with E-state index in [-0.39, 0.29) is 11.4 Å². The predicted molar refractivity (Wildman–Crippen MR) is 43.4 cm³/mol. The van der Waals surface area contributed by atoms with Gasteiger partial charge in [0.05, 0.1) is 0 Å². The Bertz CT molecular complexity index is 325. The molecule has 14 heavy (non-hydrogen) atoms. The molecule has 0 unspecified atom stereocenters. The zero-order valence-corrected chi connectivity index (χ0v) is 6.91. The van der Waals surface area contributed by atoms with E-state index < -0.39 is 12.8 Å². The Kier molecular flexibility index (Phi) is 3.06. The number of hydrogen-bond donors (Lipinski definition) is 0. The highest BCUT2D eigenvalue weighted by Crippen LogP contribution is 2.22. The van der Waals surface area contributed by atoms with Gasteiger partial charge in [-0.05, 0) is 17.3 Å². The van der Waals surface area contributed by atoms with Crippen LogP contribution in [-0.2, 0) is 0 Å². The van der Waals surface area contributed by atoms with Crippen LogP contribution in [0.2, 0.25) is 0 Å². The summed E-state index contributed by atoms with van der Waals surface area (Å²) in [5.74, 6) is -0.0283. The smallest absolute Gasteiger partial charge is 0.422 e. The number of rotatable bonds is 3. The van der Waals surface area contributed by atoms with E-state index in [1.54, 1.807) is 0 Å². The summed E-state index contributed by atoms with van der Waals surface area (Å²) < 4.78 is 39.5. The third-order valence-corrected chi connectivity index (χ3v) is 1.33. The third-order valence-electron chi connectivity index (χ3n) is 1.33. The Morgan fingerprint density at radius 3 is 2.64 bits per heavy atom. The first-order chi connectivity index (χ1) is 6.51. The van der Waals surface area contributed by atoms with E-state index in [2.05, 4.69) is 9.91 Å². The zero-order chi connectivity index (χ0) is 10.6. The molecule has 0 bridgehead atoms. The van der Waals surface area contributed by atoms with Gasteiger partial charge in [0, 0.05) is 6.07 Å². The molecule has 0 saturated carbocycles. The fourth-order valence-electron chi connectivity index (χ4n) is 0.795. The Morgan fingerprint density at radius 1 is 1.36 bits per heavy atom. The van der Waals surface area contributed by atoms with Crippen LogP contribution in [0.3, 0.4) is 0 Å². The average Bonchev–Trinajstić information content (AvgIpc) is 2.14. The number of nitroso groups, excluding NO2 is 1. The van der Waals surface area contributed by atoms with Crippen molar-refractivity contribution in [1.82, 2.24) is 0 Å². The maximum Gasteiger partial charge on any atom is 0.422 e. The number of alkyl halides is 3. The summed E-state index contributed by atoms with van der Waals surface area (Å²) in [6.45, 7) is -1.38. The molecule has 76 valence electrons. The van der Waals surface area contributed by atoms with E-state index in [1.807, 2.05) is 0 Å². The molecular formula is C8H6F3NO2. The van der Waals surface area contributed by atoms with Crippen molar-refractivity contribution in [2.75, 3.05) is 6.61 Å². The molecule has 6 heteroatoms. The van der Waals surface area contributed by atoms with Crippen LogP contribution in [0.5, 0.6) is 5.75 Å². The Labute approximate surface area is 77.5 Å². The first kappa shape index (κ1) is 10.5. The molecule has 0 aliphatic rings. The second kappa shape index (κ2) is 4.08. The van der Waals surface area contributed by atoms with Gasteiger partial charge < -0.3 is 4.74 Å². The second-order valence-corrected chi connectivity index (χ2v) is 2.49. The molecule has 0 aromatic heterocycles. The Balaban J connectivity index is 2.63. The number of nitrogens with zero attached hydrogens (tertiary/aromatic N) is 1. The SMILES string of the molecule is O=Nc1cccc(OCC(F)(F)F)c1. The molecule has 0 N–H and O–H groups in total. The molecule has 0 amide bonds. The van der Waals surface area contributed by atoms with Gasteiger partial charge in [-0.2, -0.15) is 13.2 Å². The number of ether oxygens (including phenoxy) is 1. The molecule has 0 atom stereocenters. The molecule has 0 aliphatic carbocycles. The van der Waals surface area contributed by atoms with E-state index in [1.165, 1.54) is 18.2 Å². The molecule has 1 rings (SSSR count). The van der Waals surface area contributed by atoms with Gasteiger partial charge in [-0.3, -0.25) is 0 Å². The van der Waals surface area contributed by atoms with Crippen molar-refractivity contribution in [3.63, 3.8) is 0 Å². The molecule has 0 aliphatic heterocycles. The molecule has 0 spiro atoms. The van der Waals surface area contributed by atoms with E-state index in [0.29, 0.717) is 0 Å². The highest BCUT2D eigenvalue weighted by Gasteiger charge is 2.28. The Hall–Kier alpha value is -1.59. The van der Waals surface area contributed by atoms with Crippen LogP contribution < -0.4 is 4.74 Å². The van der Waals surface area contributed by atoms with Gasteiger partial charge in [0.15, 0.2) is 6.61 Å². The average molecular weight is 205 g/mol. The summed E-state index contributed by atoms with van der Waals surface area (Å²) >= 11 is 0. The summed E-state index contributed by atoms with van der Waals surface area (Å²) in [6, 6.07) is 5.22. The lowest BCUT2D eigenvalue weighted by molar-refractivity contribution is -0.153. The van der Waals surface area contributed by atoms with Gasteiger partial charge in [-0.25, -0.2) is 0 Å². The number of hydrogen-bond acceptors (Lipinski definition) is 3. The summed E-state index contributed by atoms with van der Waals surface area (Å²) in [5.41, 5.74) is 0.0321. The minimum atomic E-state index is -4.38. The van der Waals surface area contributed by atoms with Gasteiger partial charge in [0.25, 0.3) is 0 Å². The number of halogens is 3. The van der Waals surface area contributed by atoms with Crippen LogP contribution >= 0.6 is 0 Å².